The van der Waals surface area contributed by atoms with Gasteiger partial charge in [0.15, 0.2) is 12.6 Å². The first-order chi connectivity index (χ1) is 24.7. The molecule has 0 aliphatic carbocycles. The van der Waals surface area contributed by atoms with Crippen molar-refractivity contribution >= 4 is 51.7 Å². The van der Waals surface area contributed by atoms with Gasteiger partial charge in [0, 0.05) is 29.0 Å². The molecule has 2 fully saturated rings. The summed E-state index contributed by atoms with van der Waals surface area (Å²) in [5.41, 5.74) is 3.17. The van der Waals surface area contributed by atoms with Crippen LogP contribution in [0.5, 0.6) is 0 Å². The first-order valence-corrected chi connectivity index (χ1v) is 17.9. The van der Waals surface area contributed by atoms with E-state index in [0.717, 1.165) is 43.4 Å². The van der Waals surface area contributed by atoms with Crippen LogP contribution in [-0.4, -0.2) is 44.7 Å². The van der Waals surface area contributed by atoms with E-state index in [4.69, 9.17) is 36.6 Å². The van der Waals surface area contributed by atoms with Gasteiger partial charge in [-0.3, -0.25) is 4.52 Å². The highest BCUT2D eigenvalue weighted by Gasteiger charge is 2.47. The predicted molar refractivity (Wildman–Crippen MR) is 193 cm³/mol. The van der Waals surface area contributed by atoms with Gasteiger partial charge in [0.1, 0.15) is 35.6 Å². The van der Waals surface area contributed by atoms with Crippen LogP contribution in [0, 0.1) is 0 Å². The van der Waals surface area contributed by atoms with Gasteiger partial charge in [-0.15, -0.1) is 0 Å². The summed E-state index contributed by atoms with van der Waals surface area (Å²) >= 11 is 0. The van der Waals surface area contributed by atoms with Crippen molar-refractivity contribution in [2.24, 2.45) is 0 Å². The fourth-order valence-corrected chi connectivity index (χ4v) is 8.19. The predicted octanol–water partition coefficient (Wildman–Crippen LogP) is 9.64. The van der Waals surface area contributed by atoms with Crippen LogP contribution in [0.15, 0.2) is 142 Å². The molecule has 9 heteroatoms. The molecule has 0 radical (unpaired) electrons. The lowest BCUT2D eigenvalue weighted by Crippen LogP contribution is -2.57. The first-order valence-electron chi connectivity index (χ1n) is 16.8. The zero-order valence-electron chi connectivity index (χ0n) is 27.3. The lowest BCUT2D eigenvalue weighted by atomic mass is 9.99. The van der Waals surface area contributed by atoms with Crippen LogP contribution in [0.2, 0.25) is 0 Å². The number of ether oxygens (including phenoxy) is 5. The number of methoxy groups -OCH3 is 1. The standard InChI is InChI=1S/C41H35O8P/c1-42-34-24-43-40(28-14-4-2-5-15-28)45-38(34)39-35(25-44-41(46-39)29-16-6-3-7-17-29)49-50-47-32-22-20-26-12-8-10-18-30(26)36(32)37-31-19-11-9-13-27(31)21-23-33(37)48-50/h2-23,34-35,38-41H,24-25H2,1H3/t34-,35-,38-,39-,40?,41?/m1/s1. The average Bonchev–Trinajstić information content (AvgIpc) is 3.35. The van der Waals surface area contributed by atoms with Gasteiger partial charge in [-0.1, -0.05) is 121 Å². The Bertz CT molecular complexity index is 2210. The molecule has 50 heavy (non-hydrogen) atoms. The van der Waals surface area contributed by atoms with Crippen molar-refractivity contribution in [2.45, 2.75) is 37.0 Å². The van der Waals surface area contributed by atoms with Gasteiger partial charge in [-0.2, -0.15) is 0 Å². The Labute approximate surface area is 289 Å². The summed E-state index contributed by atoms with van der Waals surface area (Å²) in [7, 11) is -0.328. The smallest absolute Gasteiger partial charge is 0.387 e. The second-order valence-corrected chi connectivity index (χ2v) is 13.5. The van der Waals surface area contributed by atoms with Crippen molar-refractivity contribution in [3.05, 3.63) is 145 Å². The van der Waals surface area contributed by atoms with E-state index in [9.17, 15) is 0 Å². The Morgan fingerprint density at radius 3 is 1.50 bits per heavy atom. The molecule has 3 heterocycles. The van der Waals surface area contributed by atoms with E-state index in [2.05, 4.69) is 36.4 Å². The van der Waals surface area contributed by atoms with Crippen molar-refractivity contribution in [1.29, 1.82) is 0 Å². The molecule has 7 aromatic rings. The highest BCUT2D eigenvalue weighted by atomic mass is 31.1. The normalized spacial score (nSPS) is 24.2. The molecular weight excluding hydrogens is 651 g/mol. The first kappa shape index (κ1) is 31.5. The summed E-state index contributed by atoms with van der Waals surface area (Å²) in [5, 5.41) is 6.30. The van der Waals surface area contributed by atoms with E-state index in [1.165, 1.54) is 0 Å². The molecule has 1 aromatic heterocycles. The van der Waals surface area contributed by atoms with Gasteiger partial charge < -0.3 is 32.1 Å². The van der Waals surface area contributed by atoms with Crippen LogP contribution >= 0.6 is 8.24 Å². The van der Waals surface area contributed by atoms with Gasteiger partial charge in [-0.25, -0.2) is 0 Å². The quantitative estimate of drug-likeness (QED) is 0.171. The van der Waals surface area contributed by atoms with Crippen molar-refractivity contribution in [1.82, 2.24) is 0 Å². The van der Waals surface area contributed by atoms with E-state index in [0.29, 0.717) is 17.8 Å². The van der Waals surface area contributed by atoms with E-state index in [1.807, 2.05) is 97.1 Å². The minimum atomic E-state index is -1.98. The topological polar surface area (TPSA) is 81.7 Å². The minimum absolute atomic E-state index is 0.206. The molecule has 0 saturated carbocycles. The molecular formula is C41H35O8P. The Balaban J connectivity index is 1.16. The summed E-state index contributed by atoms with van der Waals surface area (Å²) in [5.74, 6) is 0. The van der Waals surface area contributed by atoms with Crippen LogP contribution in [0.4, 0.5) is 0 Å². The van der Waals surface area contributed by atoms with Crippen LogP contribution in [0.25, 0.3) is 43.5 Å². The van der Waals surface area contributed by atoms with Crippen LogP contribution in [-0.2, 0) is 23.7 Å². The van der Waals surface area contributed by atoms with Gasteiger partial charge in [0.2, 0.25) is 0 Å². The van der Waals surface area contributed by atoms with E-state index >= 15 is 0 Å². The third-order valence-corrected chi connectivity index (χ3v) is 10.6. The fourth-order valence-electron chi connectivity index (χ4n) is 7.04. The number of hydrogen-bond acceptors (Lipinski definition) is 8. The number of benzene rings is 6. The second kappa shape index (κ2) is 13.7. The molecule has 2 saturated heterocycles. The molecule has 252 valence electrons. The third kappa shape index (κ3) is 5.89. The molecule has 9 rings (SSSR count). The summed E-state index contributed by atoms with van der Waals surface area (Å²) in [6.45, 7) is 0.519. The maximum Gasteiger partial charge on any atom is 0.387 e. The van der Waals surface area contributed by atoms with Crippen LogP contribution < -0.4 is 4.52 Å². The molecule has 0 spiro atoms. The molecule has 8 nitrogen and oxygen atoms in total. The monoisotopic (exact) mass is 686 g/mol. The molecule has 0 amide bonds. The maximum absolute atomic E-state index is 6.83. The molecule has 2 aliphatic rings. The third-order valence-electron chi connectivity index (χ3n) is 9.49. The summed E-state index contributed by atoms with van der Waals surface area (Å²) in [4.78, 5) is 0. The highest BCUT2D eigenvalue weighted by molar-refractivity contribution is 7.31. The summed E-state index contributed by atoms with van der Waals surface area (Å²) < 4.78 is 52.1. The number of fused-ring (bicyclic) bond motifs is 7. The summed E-state index contributed by atoms with van der Waals surface area (Å²) in [6, 6.07) is 44.5. The number of hydrogen-bond donors (Lipinski definition) is 0. The molecule has 2 unspecified atom stereocenters. The Hall–Kier alpha value is -4.50. The minimum Gasteiger partial charge on any atom is -0.399 e. The lowest BCUT2D eigenvalue weighted by molar-refractivity contribution is -0.329. The second-order valence-electron chi connectivity index (χ2n) is 12.5. The van der Waals surface area contributed by atoms with Gasteiger partial charge in [0.25, 0.3) is 0 Å². The molecule has 2 aliphatic heterocycles. The number of rotatable bonds is 6. The Morgan fingerprint density at radius 2 is 0.980 bits per heavy atom. The SMILES string of the molecule is CO[C@@H]1COC(c2ccccc2)O[C@H]1[C@@H]1OC(c2ccccc2)OC[C@H]1Op1oc2ccc3ccccc3c2c2c(ccc3ccccc32)o1. The molecule has 6 atom stereocenters. The van der Waals surface area contributed by atoms with Gasteiger partial charge in [-0.05, 0) is 33.7 Å². The highest BCUT2D eigenvalue weighted by Crippen LogP contribution is 2.43. The van der Waals surface area contributed by atoms with Crippen LogP contribution in [0.1, 0.15) is 23.7 Å². The largest absolute Gasteiger partial charge is 0.399 e. The molecule has 0 bridgehead atoms. The van der Waals surface area contributed by atoms with Gasteiger partial charge >= 0.3 is 8.24 Å². The van der Waals surface area contributed by atoms with E-state index < -0.39 is 45.2 Å². The van der Waals surface area contributed by atoms with E-state index in [-0.39, 0.29) is 6.61 Å². The maximum atomic E-state index is 6.83. The zero-order valence-corrected chi connectivity index (χ0v) is 28.2. The van der Waals surface area contributed by atoms with Crippen molar-refractivity contribution in [3.8, 4) is 0 Å². The van der Waals surface area contributed by atoms with E-state index in [1.54, 1.807) is 7.11 Å². The van der Waals surface area contributed by atoms with Crippen LogP contribution in [0.3, 0.4) is 0 Å². The lowest BCUT2D eigenvalue weighted by Gasteiger charge is -2.44. The van der Waals surface area contributed by atoms with Crippen molar-refractivity contribution in [3.63, 3.8) is 0 Å². The van der Waals surface area contributed by atoms with Crippen molar-refractivity contribution < 1.29 is 36.6 Å². The molecule has 6 aromatic carbocycles. The molecule has 0 N–H and O–H groups in total. The zero-order chi connectivity index (χ0) is 33.4. The van der Waals surface area contributed by atoms with Crippen molar-refractivity contribution in [2.75, 3.05) is 20.3 Å². The summed E-state index contributed by atoms with van der Waals surface area (Å²) in [6.07, 6.45) is -3.49. The Morgan fingerprint density at radius 1 is 0.520 bits per heavy atom. The fraction of sp³-hybridized carbons (Fsp3) is 0.220. The van der Waals surface area contributed by atoms with Gasteiger partial charge in [0.05, 0.1) is 13.2 Å². The Kier molecular flexibility index (Phi) is 8.60. The average molecular weight is 687 g/mol.